The molecule has 0 aliphatic carbocycles. The van der Waals surface area contributed by atoms with Gasteiger partial charge in [-0.05, 0) is 24.6 Å². The van der Waals surface area contributed by atoms with Gasteiger partial charge in [-0.3, -0.25) is 9.69 Å². The number of carbonyl (C=O) groups is 1. The topological polar surface area (TPSA) is 29.5 Å². The minimum atomic E-state index is -0.0462. The van der Waals surface area contributed by atoms with E-state index in [2.05, 4.69) is 6.58 Å². The van der Waals surface area contributed by atoms with E-state index >= 15 is 0 Å². The zero-order valence-electron chi connectivity index (χ0n) is 10.2. The van der Waals surface area contributed by atoms with Crippen molar-refractivity contribution in [2.45, 2.75) is 12.8 Å². The van der Waals surface area contributed by atoms with Crippen molar-refractivity contribution in [3.05, 3.63) is 40.9 Å². The molecule has 1 rings (SSSR count). The lowest BCUT2D eigenvalue weighted by Gasteiger charge is -2.22. The molecule has 0 saturated heterocycles. The zero-order valence-corrected chi connectivity index (χ0v) is 11.7. The Bertz CT molecular complexity index is 435. The van der Waals surface area contributed by atoms with E-state index in [9.17, 15) is 4.79 Å². The molecule has 0 N–H and O–H groups in total. The fraction of sp³-hybridized carbons (Fsp3) is 0.308. The summed E-state index contributed by atoms with van der Waals surface area (Å²) in [5.74, 6) is -0.0462. The third kappa shape index (κ3) is 4.02. The molecule has 3 nitrogen and oxygen atoms in total. The maximum Gasteiger partial charge on any atom is 0.229 e. The van der Waals surface area contributed by atoms with Crippen LogP contribution in [-0.4, -0.2) is 19.7 Å². The summed E-state index contributed by atoms with van der Waals surface area (Å²) >= 11 is 11.8. The number of carbonyl (C=O) groups excluding carboxylic acids is 1. The molecule has 0 unspecified atom stereocenters. The van der Waals surface area contributed by atoms with Gasteiger partial charge in [0.1, 0.15) is 6.73 Å². The van der Waals surface area contributed by atoms with Crippen LogP contribution in [0.3, 0.4) is 0 Å². The van der Waals surface area contributed by atoms with Crippen LogP contribution >= 0.6 is 23.2 Å². The number of ether oxygens (including phenoxy) is 1. The predicted octanol–water partition coefficient (Wildman–Crippen LogP) is 3.90. The number of benzene rings is 1. The molecule has 0 fully saturated rings. The molecule has 0 aliphatic rings. The standard InChI is InChI=1S/C13H15Cl2NO2/c1-3-4-5-13(17)16(9-18-2)10-6-7-11(14)12(15)8-10/h3,6-8H,1,4-5,9H2,2H3. The first-order valence-electron chi connectivity index (χ1n) is 5.45. The van der Waals surface area contributed by atoms with Gasteiger partial charge in [0.05, 0.1) is 10.0 Å². The van der Waals surface area contributed by atoms with Crippen molar-refractivity contribution in [3.63, 3.8) is 0 Å². The zero-order chi connectivity index (χ0) is 13.5. The summed E-state index contributed by atoms with van der Waals surface area (Å²) in [6.45, 7) is 3.77. The molecule has 0 saturated carbocycles. The molecule has 0 aliphatic heterocycles. The van der Waals surface area contributed by atoms with E-state index in [1.807, 2.05) is 0 Å². The minimum absolute atomic E-state index is 0.0462. The van der Waals surface area contributed by atoms with Gasteiger partial charge < -0.3 is 4.74 Å². The van der Waals surface area contributed by atoms with Gasteiger partial charge in [-0.2, -0.15) is 0 Å². The normalized spacial score (nSPS) is 10.2. The van der Waals surface area contributed by atoms with Gasteiger partial charge in [0.2, 0.25) is 5.91 Å². The molecular weight excluding hydrogens is 273 g/mol. The molecule has 0 atom stereocenters. The van der Waals surface area contributed by atoms with Crippen molar-refractivity contribution >= 4 is 34.8 Å². The molecule has 1 amide bonds. The highest BCUT2D eigenvalue weighted by Gasteiger charge is 2.15. The molecule has 0 heterocycles. The van der Waals surface area contributed by atoms with Gasteiger partial charge >= 0.3 is 0 Å². The second-order valence-electron chi connectivity index (χ2n) is 3.67. The third-order valence-corrected chi connectivity index (χ3v) is 3.08. The van der Waals surface area contributed by atoms with Gasteiger partial charge in [-0.15, -0.1) is 6.58 Å². The van der Waals surface area contributed by atoms with Crippen molar-refractivity contribution in [2.24, 2.45) is 0 Å². The van der Waals surface area contributed by atoms with Crippen LogP contribution in [0.5, 0.6) is 0 Å². The van der Waals surface area contributed by atoms with Crippen LogP contribution in [0.15, 0.2) is 30.9 Å². The van der Waals surface area contributed by atoms with Crippen LogP contribution in [0.4, 0.5) is 5.69 Å². The number of methoxy groups -OCH3 is 1. The van der Waals surface area contributed by atoms with Crippen molar-refractivity contribution < 1.29 is 9.53 Å². The summed E-state index contributed by atoms with van der Waals surface area (Å²) in [7, 11) is 1.53. The highest BCUT2D eigenvalue weighted by Crippen LogP contribution is 2.27. The largest absolute Gasteiger partial charge is 0.364 e. The fourth-order valence-electron chi connectivity index (χ4n) is 1.43. The highest BCUT2D eigenvalue weighted by atomic mass is 35.5. The van der Waals surface area contributed by atoms with Gasteiger partial charge in [0.25, 0.3) is 0 Å². The van der Waals surface area contributed by atoms with Gasteiger partial charge in [0, 0.05) is 19.2 Å². The first kappa shape index (κ1) is 15.0. The Morgan fingerprint density at radius 2 is 2.17 bits per heavy atom. The summed E-state index contributed by atoms with van der Waals surface area (Å²) in [5, 5.41) is 0.864. The van der Waals surface area contributed by atoms with Crippen molar-refractivity contribution in [3.8, 4) is 0 Å². The number of anilines is 1. The molecule has 98 valence electrons. The van der Waals surface area contributed by atoms with Crippen molar-refractivity contribution in [1.29, 1.82) is 0 Å². The SMILES string of the molecule is C=CCCC(=O)N(COC)c1ccc(Cl)c(Cl)c1. The smallest absolute Gasteiger partial charge is 0.229 e. The highest BCUT2D eigenvalue weighted by molar-refractivity contribution is 6.42. The summed E-state index contributed by atoms with van der Waals surface area (Å²) in [5.41, 5.74) is 0.667. The number of rotatable bonds is 6. The number of hydrogen-bond acceptors (Lipinski definition) is 2. The van der Waals surface area contributed by atoms with Crippen molar-refractivity contribution in [2.75, 3.05) is 18.7 Å². The lowest BCUT2D eigenvalue weighted by atomic mass is 10.2. The van der Waals surface area contributed by atoms with E-state index in [-0.39, 0.29) is 12.6 Å². The second kappa shape index (κ2) is 7.41. The molecule has 0 aromatic heterocycles. The minimum Gasteiger partial charge on any atom is -0.364 e. The number of halogens is 2. The predicted molar refractivity (Wildman–Crippen MR) is 75.3 cm³/mol. The molecule has 0 spiro atoms. The van der Waals surface area contributed by atoms with Crippen LogP contribution in [0.25, 0.3) is 0 Å². The van der Waals surface area contributed by atoms with Gasteiger partial charge in [-0.25, -0.2) is 0 Å². The Kier molecular flexibility index (Phi) is 6.19. The van der Waals surface area contributed by atoms with Crippen LogP contribution in [-0.2, 0) is 9.53 Å². The lowest BCUT2D eigenvalue weighted by molar-refractivity contribution is -0.119. The maximum atomic E-state index is 12.0. The molecular formula is C13H15Cl2NO2. The summed E-state index contributed by atoms with van der Waals surface area (Å²) in [6, 6.07) is 5.04. The Morgan fingerprint density at radius 3 is 2.72 bits per heavy atom. The Balaban J connectivity index is 2.92. The number of amides is 1. The van der Waals surface area contributed by atoms with E-state index in [1.165, 1.54) is 12.0 Å². The summed E-state index contributed by atoms with van der Waals surface area (Å²) < 4.78 is 5.03. The lowest BCUT2D eigenvalue weighted by Crippen LogP contribution is -2.32. The summed E-state index contributed by atoms with van der Waals surface area (Å²) in [6.07, 6.45) is 2.71. The van der Waals surface area contributed by atoms with E-state index in [0.29, 0.717) is 28.6 Å². The van der Waals surface area contributed by atoms with Crippen LogP contribution < -0.4 is 4.90 Å². The van der Waals surface area contributed by atoms with Gasteiger partial charge in [-0.1, -0.05) is 29.3 Å². The Labute approximate surface area is 117 Å². The van der Waals surface area contributed by atoms with E-state index < -0.39 is 0 Å². The van der Waals surface area contributed by atoms with E-state index in [4.69, 9.17) is 27.9 Å². The average Bonchev–Trinajstić information content (AvgIpc) is 2.36. The molecule has 5 heteroatoms. The first-order valence-corrected chi connectivity index (χ1v) is 6.21. The van der Waals surface area contributed by atoms with Crippen LogP contribution in [0.2, 0.25) is 10.0 Å². The third-order valence-electron chi connectivity index (χ3n) is 2.34. The van der Waals surface area contributed by atoms with Crippen LogP contribution in [0, 0.1) is 0 Å². The van der Waals surface area contributed by atoms with Gasteiger partial charge in [0.15, 0.2) is 0 Å². The summed E-state index contributed by atoms with van der Waals surface area (Å²) in [4.78, 5) is 13.5. The molecule has 1 aromatic rings. The number of allylic oxidation sites excluding steroid dienone is 1. The molecule has 18 heavy (non-hydrogen) atoms. The number of nitrogens with zero attached hydrogens (tertiary/aromatic N) is 1. The molecule has 1 aromatic carbocycles. The van der Waals surface area contributed by atoms with E-state index in [0.717, 1.165) is 0 Å². The Morgan fingerprint density at radius 1 is 1.44 bits per heavy atom. The second-order valence-corrected chi connectivity index (χ2v) is 4.48. The number of hydrogen-bond donors (Lipinski definition) is 0. The van der Waals surface area contributed by atoms with Crippen molar-refractivity contribution in [1.82, 2.24) is 0 Å². The first-order chi connectivity index (χ1) is 8.60. The Hall–Kier alpha value is -1.03. The quantitative estimate of drug-likeness (QED) is 0.587. The van der Waals surface area contributed by atoms with Crippen LogP contribution in [0.1, 0.15) is 12.8 Å². The maximum absolute atomic E-state index is 12.0. The molecule has 0 bridgehead atoms. The average molecular weight is 288 g/mol. The fourth-order valence-corrected chi connectivity index (χ4v) is 1.73. The van der Waals surface area contributed by atoms with E-state index in [1.54, 1.807) is 24.3 Å². The monoisotopic (exact) mass is 287 g/mol. The molecule has 0 radical (unpaired) electrons.